The zero-order valence-electron chi connectivity index (χ0n) is 11.4. The van der Waals surface area contributed by atoms with Crippen molar-refractivity contribution in [3.8, 4) is 10.4 Å². The first-order valence-corrected chi connectivity index (χ1v) is 7.58. The number of rotatable bonds is 1. The highest BCUT2D eigenvalue weighted by Gasteiger charge is 2.17. The molecule has 0 fully saturated rings. The minimum atomic E-state index is 0.0510. The van der Waals surface area contributed by atoms with Crippen LogP contribution in [0.2, 0.25) is 0 Å². The van der Waals surface area contributed by atoms with E-state index < -0.39 is 0 Å². The average molecular weight is 292 g/mol. The van der Waals surface area contributed by atoms with Crippen molar-refractivity contribution in [2.75, 3.05) is 0 Å². The summed E-state index contributed by atoms with van der Waals surface area (Å²) in [5.74, 6) is 0. The molecule has 0 atom stereocenters. The van der Waals surface area contributed by atoms with Crippen LogP contribution in [-0.2, 0) is 0 Å². The number of hydrogen-bond donors (Lipinski definition) is 0. The zero-order valence-corrected chi connectivity index (χ0v) is 12.2. The van der Waals surface area contributed by atoms with Crippen molar-refractivity contribution in [1.82, 2.24) is 0 Å². The standard InChI is InChI=1S/C18H12O2S/c1-11-17-15(18(21-11)12-7-3-2-4-8-12)16(19)13-9-5-6-10-14(13)20-17/h2-10H,1H3. The Bertz CT molecular complexity index is 1010. The fourth-order valence-corrected chi connectivity index (χ4v) is 3.72. The van der Waals surface area contributed by atoms with Crippen LogP contribution in [0.25, 0.3) is 32.4 Å². The highest BCUT2D eigenvalue weighted by atomic mass is 32.1. The molecular formula is C18H12O2S. The first-order chi connectivity index (χ1) is 10.3. The number of fused-ring (bicyclic) bond motifs is 2. The molecule has 3 heteroatoms. The summed E-state index contributed by atoms with van der Waals surface area (Å²) in [7, 11) is 0. The van der Waals surface area contributed by atoms with Gasteiger partial charge in [-0.2, -0.15) is 0 Å². The van der Waals surface area contributed by atoms with Crippen LogP contribution in [0.3, 0.4) is 0 Å². The van der Waals surface area contributed by atoms with E-state index in [1.165, 1.54) is 0 Å². The molecule has 0 bridgehead atoms. The second-order valence-corrected chi connectivity index (χ2v) is 6.21. The van der Waals surface area contributed by atoms with Crippen molar-refractivity contribution < 1.29 is 4.42 Å². The van der Waals surface area contributed by atoms with Gasteiger partial charge in [0.15, 0.2) is 5.58 Å². The van der Waals surface area contributed by atoms with E-state index in [2.05, 4.69) is 0 Å². The molecule has 2 heterocycles. The smallest absolute Gasteiger partial charge is 0.202 e. The van der Waals surface area contributed by atoms with Crippen LogP contribution < -0.4 is 5.43 Å². The summed E-state index contributed by atoms with van der Waals surface area (Å²) >= 11 is 1.61. The van der Waals surface area contributed by atoms with Crippen LogP contribution in [0.1, 0.15) is 4.88 Å². The van der Waals surface area contributed by atoms with Crippen molar-refractivity contribution in [3.05, 3.63) is 69.7 Å². The van der Waals surface area contributed by atoms with Gasteiger partial charge in [-0.15, -0.1) is 11.3 Å². The van der Waals surface area contributed by atoms with Gasteiger partial charge in [0.05, 0.1) is 10.8 Å². The predicted molar refractivity (Wildman–Crippen MR) is 88.0 cm³/mol. The number of para-hydroxylation sites is 1. The lowest BCUT2D eigenvalue weighted by Crippen LogP contribution is -2.01. The molecule has 2 aromatic heterocycles. The average Bonchev–Trinajstić information content (AvgIpc) is 2.86. The van der Waals surface area contributed by atoms with Gasteiger partial charge in [-0.3, -0.25) is 4.79 Å². The third kappa shape index (κ3) is 1.82. The molecule has 102 valence electrons. The molecule has 21 heavy (non-hydrogen) atoms. The van der Waals surface area contributed by atoms with E-state index in [-0.39, 0.29) is 5.43 Å². The molecule has 0 N–H and O–H groups in total. The maximum Gasteiger partial charge on any atom is 0.202 e. The molecule has 2 aromatic carbocycles. The number of aryl methyl sites for hydroxylation is 1. The Balaban J connectivity index is 2.20. The molecule has 0 saturated heterocycles. The first kappa shape index (κ1) is 12.4. The van der Waals surface area contributed by atoms with Crippen molar-refractivity contribution in [1.29, 1.82) is 0 Å². The Morgan fingerprint density at radius 2 is 1.67 bits per heavy atom. The molecule has 4 rings (SSSR count). The molecule has 0 saturated carbocycles. The Kier molecular flexibility index (Phi) is 2.69. The number of benzene rings is 2. The third-order valence-electron chi connectivity index (χ3n) is 3.64. The van der Waals surface area contributed by atoms with E-state index in [0.29, 0.717) is 21.9 Å². The van der Waals surface area contributed by atoms with Crippen molar-refractivity contribution in [2.24, 2.45) is 0 Å². The van der Waals surface area contributed by atoms with Gasteiger partial charge in [0.25, 0.3) is 0 Å². The normalized spacial score (nSPS) is 11.3. The predicted octanol–water partition coefficient (Wildman–Crippen LogP) is 4.98. The Hall–Kier alpha value is -2.39. The second kappa shape index (κ2) is 4.57. The number of hydrogen-bond acceptors (Lipinski definition) is 3. The molecule has 0 aliphatic heterocycles. The molecule has 0 amide bonds. The fourth-order valence-electron chi connectivity index (χ4n) is 2.64. The van der Waals surface area contributed by atoms with Gasteiger partial charge < -0.3 is 4.42 Å². The van der Waals surface area contributed by atoms with Crippen LogP contribution in [-0.4, -0.2) is 0 Å². The molecule has 2 nitrogen and oxygen atoms in total. The second-order valence-electron chi connectivity index (χ2n) is 4.98. The summed E-state index contributed by atoms with van der Waals surface area (Å²) in [5.41, 5.74) is 2.47. The Labute approximate surface area is 125 Å². The summed E-state index contributed by atoms with van der Waals surface area (Å²) in [6.07, 6.45) is 0. The summed E-state index contributed by atoms with van der Waals surface area (Å²) in [5, 5.41) is 1.34. The van der Waals surface area contributed by atoms with E-state index in [1.54, 1.807) is 11.3 Å². The van der Waals surface area contributed by atoms with Gasteiger partial charge in [-0.1, -0.05) is 42.5 Å². The Morgan fingerprint density at radius 3 is 2.48 bits per heavy atom. The fraction of sp³-hybridized carbons (Fsp3) is 0.0556. The van der Waals surface area contributed by atoms with E-state index in [9.17, 15) is 4.79 Å². The molecule has 0 spiro atoms. The van der Waals surface area contributed by atoms with Crippen LogP contribution in [0.5, 0.6) is 0 Å². The lowest BCUT2D eigenvalue weighted by atomic mass is 10.1. The van der Waals surface area contributed by atoms with Crippen LogP contribution in [0.4, 0.5) is 0 Å². The van der Waals surface area contributed by atoms with Crippen molar-refractivity contribution in [2.45, 2.75) is 6.92 Å². The minimum Gasteiger partial charge on any atom is -0.455 e. The lowest BCUT2D eigenvalue weighted by molar-refractivity contribution is 0.659. The zero-order chi connectivity index (χ0) is 14.4. The van der Waals surface area contributed by atoms with E-state index >= 15 is 0 Å². The van der Waals surface area contributed by atoms with Gasteiger partial charge in [-0.05, 0) is 24.6 Å². The Morgan fingerprint density at radius 1 is 0.952 bits per heavy atom. The third-order valence-corrected chi connectivity index (χ3v) is 4.77. The topological polar surface area (TPSA) is 30.2 Å². The largest absolute Gasteiger partial charge is 0.455 e. The van der Waals surface area contributed by atoms with Crippen LogP contribution in [0.15, 0.2) is 63.8 Å². The SMILES string of the molecule is Cc1sc(-c2ccccc2)c2c(=O)c3ccccc3oc12. The van der Waals surface area contributed by atoms with Crippen molar-refractivity contribution in [3.63, 3.8) is 0 Å². The monoisotopic (exact) mass is 292 g/mol. The van der Waals surface area contributed by atoms with Gasteiger partial charge in [0, 0.05) is 9.75 Å². The van der Waals surface area contributed by atoms with Gasteiger partial charge in [0.2, 0.25) is 5.43 Å². The maximum absolute atomic E-state index is 12.8. The van der Waals surface area contributed by atoms with Crippen molar-refractivity contribution >= 4 is 33.3 Å². The first-order valence-electron chi connectivity index (χ1n) is 6.76. The minimum absolute atomic E-state index is 0.0510. The molecule has 0 radical (unpaired) electrons. The van der Waals surface area contributed by atoms with Gasteiger partial charge in [-0.25, -0.2) is 0 Å². The van der Waals surface area contributed by atoms with Crippen LogP contribution >= 0.6 is 11.3 Å². The highest BCUT2D eigenvalue weighted by molar-refractivity contribution is 7.17. The maximum atomic E-state index is 12.8. The van der Waals surface area contributed by atoms with E-state index in [0.717, 1.165) is 15.3 Å². The molecule has 4 aromatic rings. The lowest BCUT2D eigenvalue weighted by Gasteiger charge is -2.00. The van der Waals surface area contributed by atoms with Crippen LogP contribution in [0, 0.1) is 6.92 Å². The summed E-state index contributed by atoms with van der Waals surface area (Å²) in [6.45, 7) is 2.00. The van der Waals surface area contributed by atoms with E-state index in [4.69, 9.17) is 4.42 Å². The molecule has 0 unspecified atom stereocenters. The van der Waals surface area contributed by atoms with Gasteiger partial charge in [0.1, 0.15) is 5.58 Å². The van der Waals surface area contributed by atoms with Gasteiger partial charge >= 0.3 is 0 Å². The molecule has 0 aliphatic carbocycles. The highest BCUT2D eigenvalue weighted by Crippen LogP contribution is 2.37. The molecular weight excluding hydrogens is 280 g/mol. The molecule has 0 aliphatic rings. The summed E-state index contributed by atoms with van der Waals surface area (Å²) in [6, 6.07) is 17.4. The summed E-state index contributed by atoms with van der Waals surface area (Å²) in [4.78, 5) is 14.9. The number of thiophene rings is 1. The van der Waals surface area contributed by atoms with E-state index in [1.807, 2.05) is 61.5 Å². The quantitative estimate of drug-likeness (QED) is 0.495. The summed E-state index contributed by atoms with van der Waals surface area (Å²) < 4.78 is 5.97.